The van der Waals surface area contributed by atoms with E-state index < -0.39 is 44.8 Å². The predicted molar refractivity (Wildman–Crippen MR) is 141 cm³/mol. The first-order valence-corrected chi connectivity index (χ1v) is 12.5. The number of hydrogen-bond donors (Lipinski definition) is 1. The Morgan fingerprint density at radius 1 is 1.00 bits per heavy atom. The fraction of sp³-hybridized carbons (Fsp3) is 0.333. The summed E-state index contributed by atoms with van der Waals surface area (Å²) in [5, 5.41) is 12.9. The number of rotatable bonds is 5. The molecule has 1 amide bonds. The molecule has 2 saturated heterocycles. The molecular weight excluding hydrogens is 566 g/mol. The van der Waals surface area contributed by atoms with Gasteiger partial charge in [0.25, 0.3) is 5.69 Å². The minimum Gasteiger partial charge on any atom is -0.378 e. The van der Waals surface area contributed by atoms with Crippen LogP contribution in [0.2, 0.25) is 5.02 Å². The van der Waals surface area contributed by atoms with Gasteiger partial charge in [-0.05, 0) is 29.9 Å². The van der Waals surface area contributed by atoms with Gasteiger partial charge in [0.2, 0.25) is 5.91 Å². The molecule has 15 heteroatoms. The molecule has 0 spiro atoms. The van der Waals surface area contributed by atoms with Crippen LogP contribution in [0.5, 0.6) is 0 Å². The summed E-state index contributed by atoms with van der Waals surface area (Å²) in [6, 6.07) is 4.64. The molecule has 2 aliphatic rings. The minimum atomic E-state index is -1.68. The molecule has 9 nitrogen and oxygen atoms in total. The molecule has 2 aliphatic heterocycles. The second-order valence-electron chi connectivity index (χ2n) is 8.63. The molecule has 39 heavy (non-hydrogen) atoms. The molecule has 2 aromatic carbocycles. The number of carbonyl (C=O) groups excluding carboxylic acids is 1. The first-order valence-electron chi connectivity index (χ1n) is 11.7. The van der Waals surface area contributed by atoms with Gasteiger partial charge in [0.05, 0.1) is 18.1 Å². The Kier molecular flexibility index (Phi) is 8.87. The Bertz CT molecular complexity index is 1310. The van der Waals surface area contributed by atoms with E-state index in [9.17, 15) is 32.5 Å². The second kappa shape index (κ2) is 12.1. The van der Waals surface area contributed by atoms with Crippen LogP contribution in [0.3, 0.4) is 0 Å². The largest absolute Gasteiger partial charge is 0.378 e. The number of nitro benzene ring substituents is 1. The third-order valence-electron chi connectivity index (χ3n) is 6.27. The Balaban J connectivity index is 1.35. The first-order chi connectivity index (χ1) is 18.6. The first kappa shape index (κ1) is 28.5. The van der Waals surface area contributed by atoms with Gasteiger partial charge in [0.15, 0.2) is 28.4 Å². The topological polar surface area (TPSA) is 91.2 Å². The maximum atomic E-state index is 14.3. The second-order valence-corrected chi connectivity index (χ2v) is 9.39. The summed E-state index contributed by atoms with van der Waals surface area (Å²) in [6.45, 7) is 2.12. The quantitative estimate of drug-likeness (QED) is 0.107. The minimum absolute atomic E-state index is 0.0346. The van der Waals surface area contributed by atoms with E-state index in [1.165, 1.54) is 18.2 Å². The Hall–Kier alpha value is -3.49. The molecule has 0 atom stereocenters. The van der Waals surface area contributed by atoms with E-state index in [-0.39, 0.29) is 37.0 Å². The summed E-state index contributed by atoms with van der Waals surface area (Å²) < 4.78 is 61.5. The summed E-state index contributed by atoms with van der Waals surface area (Å²) in [6.07, 6.45) is 2.57. The zero-order valence-corrected chi connectivity index (χ0v) is 21.8. The fourth-order valence-electron chi connectivity index (χ4n) is 4.26. The van der Waals surface area contributed by atoms with E-state index >= 15 is 0 Å². The number of halogens is 5. The average molecular weight is 588 g/mol. The summed E-state index contributed by atoms with van der Waals surface area (Å²) in [4.78, 5) is 28.1. The Morgan fingerprint density at radius 3 is 2.21 bits per heavy atom. The Morgan fingerprint density at radius 2 is 1.62 bits per heavy atom. The summed E-state index contributed by atoms with van der Waals surface area (Å²) in [5.74, 6) is -7.13. The van der Waals surface area contributed by atoms with E-state index in [1.807, 2.05) is 4.90 Å². The molecule has 2 heterocycles. The van der Waals surface area contributed by atoms with Gasteiger partial charge < -0.3 is 19.4 Å². The number of piperazine rings is 1. The van der Waals surface area contributed by atoms with Crippen LogP contribution in [0.15, 0.2) is 24.3 Å². The number of anilines is 2. The highest BCUT2D eigenvalue weighted by molar-refractivity contribution is 7.80. The van der Waals surface area contributed by atoms with Gasteiger partial charge in [-0.2, -0.15) is 0 Å². The van der Waals surface area contributed by atoms with Crippen LogP contribution in [0, 0.1) is 33.4 Å². The lowest BCUT2D eigenvalue weighted by Crippen LogP contribution is -2.53. The van der Waals surface area contributed by atoms with Crippen LogP contribution in [0.1, 0.15) is 5.56 Å². The molecule has 0 unspecified atom stereocenters. The third-order valence-corrected chi connectivity index (χ3v) is 6.97. The zero-order valence-electron chi connectivity index (χ0n) is 20.3. The molecule has 1 N–H and O–H groups in total. The summed E-state index contributed by atoms with van der Waals surface area (Å²) >= 11 is 10.5. The smallest absolute Gasteiger partial charge is 0.293 e. The van der Waals surface area contributed by atoms with Crippen molar-refractivity contribution in [1.82, 2.24) is 10.2 Å². The number of nitrogens with one attached hydrogen (secondary N) is 1. The van der Waals surface area contributed by atoms with Gasteiger partial charge in [-0.25, -0.2) is 17.6 Å². The van der Waals surface area contributed by atoms with Crippen LogP contribution in [0.25, 0.3) is 6.08 Å². The maximum absolute atomic E-state index is 14.3. The lowest BCUT2D eigenvalue weighted by molar-refractivity contribution is -0.384. The van der Waals surface area contributed by atoms with E-state index in [1.54, 1.807) is 17.0 Å². The molecule has 0 bridgehead atoms. The maximum Gasteiger partial charge on any atom is 0.293 e. The molecule has 2 aromatic rings. The predicted octanol–water partition coefficient (Wildman–Crippen LogP) is 3.88. The van der Waals surface area contributed by atoms with Crippen LogP contribution < -0.4 is 15.1 Å². The van der Waals surface area contributed by atoms with Crippen molar-refractivity contribution in [2.24, 2.45) is 0 Å². The van der Waals surface area contributed by atoms with Crippen LogP contribution in [-0.2, 0) is 9.53 Å². The van der Waals surface area contributed by atoms with Gasteiger partial charge in [-0.3, -0.25) is 20.2 Å². The van der Waals surface area contributed by atoms with E-state index in [0.29, 0.717) is 37.6 Å². The number of nitro groups is 1. The summed E-state index contributed by atoms with van der Waals surface area (Å²) in [7, 11) is 0. The molecular formula is C24H22ClF4N5O4S. The van der Waals surface area contributed by atoms with Gasteiger partial charge in [-0.1, -0.05) is 17.7 Å². The SMILES string of the molecule is O=C(/C=C/c1ccc(N2CCOCC2)c([N+](=O)[O-])c1)NC(=S)N1CCN(c2c(F)c(F)c(Cl)c(F)c2F)CC1. The van der Waals surface area contributed by atoms with Crippen LogP contribution in [0.4, 0.5) is 34.6 Å². The normalized spacial score (nSPS) is 16.1. The number of hydrogen-bond acceptors (Lipinski definition) is 7. The van der Waals surface area contributed by atoms with E-state index in [4.69, 9.17) is 28.6 Å². The lowest BCUT2D eigenvalue weighted by atomic mass is 10.1. The Labute approximate surface area is 230 Å². The highest BCUT2D eigenvalue weighted by Gasteiger charge is 2.30. The van der Waals surface area contributed by atoms with Crippen molar-refractivity contribution < 1.29 is 32.0 Å². The van der Waals surface area contributed by atoms with Crippen molar-refractivity contribution in [2.45, 2.75) is 0 Å². The van der Waals surface area contributed by atoms with Crippen LogP contribution in [-0.4, -0.2) is 73.3 Å². The van der Waals surface area contributed by atoms with Gasteiger partial charge in [-0.15, -0.1) is 0 Å². The molecule has 0 saturated carbocycles. The van der Waals surface area contributed by atoms with Gasteiger partial charge in [0, 0.05) is 51.4 Å². The van der Waals surface area contributed by atoms with Gasteiger partial charge >= 0.3 is 0 Å². The molecule has 2 fully saturated rings. The van der Waals surface area contributed by atoms with Crippen molar-refractivity contribution >= 4 is 58.0 Å². The number of carbonyl (C=O) groups is 1. The average Bonchev–Trinajstić information content (AvgIpc) is 2.94. The highest BCUT2D eigenvalue weighted by Crippen LogP contribution is 2.34. The number of ether oxygens (including phenoxy) is 1. The molecule has 208 valence electrons. The van der Waals surface area contributed by atoms with Crippen molar-refractivity contribution in [1.29, 1.82) is 0 Å². The van der Waals surface area contributed by atoms with Gasteiger partial charge in [0.1, 0.15) is 16.4 Å². The zero-order chi connectivity index (χ0) is 28.3. The highest BCUT2D eigenvalue weighted by atomic mass is 35.5. The van der Waals surface area contributed by atoms with E-state index in [0.717, 1.165) is 4.90 Å². The number of morpholine rings is 1. The molecule has 0 radical (unpaired) electrons. The third kappa shape index (κ3) is 6.23. The number of amides is 1. The number of thiocarbonyl (C=S) groups is 1. The van der Waals surface area contributed by atoms with E-state index in [2.05, 4.69) is 5.32 Å². The molecule has 0 aromatic heterocycles. The van der Waals surface area contributed by atoms with Crippen LogP contribution >= 0.6 is 23.8 Å². The molecule has 0 aliphatic carbocycles. The molecule has 4 rings (SSSR count). The lowest BCUT2D eigenvalue weighted by Gasteiger charge is -2.37. The fourth-order valence-corrected chi connectivity index (χ4v) is 4.71. The number of benzene rings is 2. The monoisotopic (exact) mass is 587 g/mol. The summed E-state index contributed by atoms with van der Waals surface area (Å²) in [5.41, 5.74) is -0.0595. The van der Waals surface area contributed by atoms with Crippen molar-refractivity contribution in [3.63, 3.8) is 0 Å². The number of nitrogens with zero attached hydrogens (tertiary/aromatic N) is 4. The van der Waals surface area contributed by atoms with Crippen molar-refractivity contribution in [2.75, 3.05) is 62.3 Å². The van der Waals surface area contributed by atoms with Crippen molar-refractivity contribution in [3.05, 3.63) is 68.2 Å². The van der Waals surface area contributed by atoms with Crippen molar-refractivity contribution in [3.8, 4) is 0 Å². The standard InChI is InChI=1S/C24H22ClF4N5O4S/c25-18-19(26)21(28)23(22(29)20(18)27)32-5-7-33(8-6-32)24(39)30-17(35)4-2-14-1-3-15(16(13-14)34(36)37)31-9-11-38-12-10-31/h1-4,13H,5-12H2,(H,30,35,39)/b4-2+.